The maximum atomic E-state index is 8.81. The summed E-state index contributed by atoms with van der Waals surface area (Å²) in [4.78, 5) is 0. The van der Waals surface area contributed by atoms with Gasteiger partial charge in [0.1, 0.15) is 5.75 Å². The summed E-state index contributed by atoms with van der Waals surface area (Å²) >= 11 is 0. The van der Waals surface area contributed by atoms with Gasteiger partial charge in [-0.05, 0) is 25.5 Å². The number of aryl methyl sites for hydroxylation is 1. The molecule has 0 saturated carbocycles. The van der Waals surface area contributed by atoms with Gasteiger partial charge in [0.25, 0.3) is 0 Å². The minimum Gasteiger partial charge on any atom is -0.496 e. The molecule has 0 aliphatic heterocycles. The van der Waals surface area contributed by atoms with E-state index in [1.165, 1.54) is 0 Å². The highest BCUT2D eigenvalue weighted by molar-refractivity contribution is 5.50. The van der Waals surface area contributed by atoms with Crippen molar-refractivity contribution in [3.05, 3.63) is 28.8 Å². The molecule has 14 heavy (non-hydrogen) atoms. The Labute approximate surface area is 86.1 Å². The average Bonchev–Trinajstić information content (AvgIpc) is 2.22. The molecule has 1 aromatic rings. The van der Waals surface area contributed by atoms with Gasteiger partial charge >= 0.3 is 0 Å². The number of methoxy groups -OCH3 is 1. The first-order valence-electron chi connectivity index (χ1n) is 4.75. The van der Waals surface area contributed by atoms with Crippen LogP contribution in [0.1, 0.15) is 30.5 Å². The fourth-order valence-electron chi connectivity index (χ4n) is 1.22. The van der Waals surface area contributed by atoms with E-state index in [2.05, 4.69) is 6.07 Å². The van der Waals surface area contributed by atoms with Crippen LogP contribution >= 0.6 is 0 Å². The molecule has 0 unspecified atom stereocenters. The summed E-state index contributed by atoms with van der Waals surface area (Å²) in [5, 5.41) is 8.81. The molecule has 2 nitrogen and oxygen atoms in total. The third kappa shape index (κ3) is 2.50. The Kier molecular flexibility index (Phi) is 5.40. The quantitative estimate of drug-likeness (QED) is 0.682. The van der Waals surface area contributed by atoms with Gasteiger partial charge in [-0.2, -0.15) is 5.26 Å². The van der Waals surface area contributed by atoms with Gasteiger partial charge in [0, 0.05) is 5.56 Å². The van der Waals surface area contributed by atoms with E-state index in [0.717, 1.165) is 16.9 Å². The molecule has 0 saturated heterocycles. The predicted molar refractivity (Wildman–Crippen MR) is 58.5 cm³/mol. The molecule has 0 N–H and O–H groups in total. The number of hydrogen-bond acceptors (Lipinski definition) is 2. The van der Waals surface area contributed by atoms with Crippen molar-refractivity contribution >= 4 is 0 Å². The second kappa shape index (κ2) is 6.04. The molecule has 76 valence electrons. The molecule has 0 spiro atoms. The van der Waals surface area contributed by atoms with Gasteiger partial charge in [0.2, 0.25) is 0 Å². The maximum Gasteiger partial charge on any atom is 0.123 e. The van der Waals surface area contributed by atoms with Crippen molar-refractivity contribution in [2.24, 2.45) is 0 Å². The third-order valence-corrected chi connectivity index (χ3v) is 1.96. The topological polar surface area (TPSA) is 33.0 Å². The van der Waals surface area contributed by atoms with Crippen LogP contribution < -0.4 is 4.74 Å². The summed E-state index contributed by atoms with van der Waals surface area (Å²) < 4.78 is 5.09. The van der Waals surface area contributed by atoms with E-state index in [1.54, 1.807) is 7.11 Å². The van der Waals surface area contributed by atoms with E-state index in [-0.39, 0.29) is 0 Å². The summed E-state index contributed by atoms with van der Waals surface area (Å²) in [6, 6.07) is 5.93. The molecule has 1 aromatic carbocycles. The minimum absolute atomic E-state index is 0.717. The van der Waals surface area contributed by atoms with Crippen molar-refractivity contribution in [1.29, 1.82) is 5.26 Å². The summed E-state index contributed by atoms with van der Waals surface area (Å²) in [5.74, 6) is 0.775. The molecule has 0 fully saturated rings. The molecule has 0 atom stereocenters. The Hall–Kier alpha value is -1.49. The Morgan fingerprint density at radius 1 is 1.21 bits per heavy atom. The SMILES string of the molecule is CC.COc1ccc(C)c(C#N)c1C. The van der Waals surface area contributed by atoms with Gasteiger partial charge < -0.3 is 4.74 Å². The molecule has 0 aliphatic carbocycles. The van der Waals surface area contributed by atoms with E-state index in [9.17, 15) is 0 Å². The van der Waals surface area contributed by atoms with Crippen molar-refractivity contribution < 1.29 is 4.74 Å². The first-order valence-corrected chi connectivity index (χ1v) is 4.75. The molecule has 2 heteroatoms. The largest absolute Gasteiger partial charge is 0.496 e. The highest BCUT2D eigenvalue weighted by Gasteiger charge is 2.05. The van der Waals surface area contributed by atoms with Gasteiger partial charge in [-0.3, -0.25) is 0 Å². The lowest BCUT2D eigenvalue weighted by Gasteiger charge is -2.07. The summed E-state index contributed by atoms with van der Waals surface area (Å²) in [5.41, 5.74) is 2.63. The van der Waals surface area contributed by atoms with Crippen LogP contribution in [0.2, 0.25) is 0 Å². The third-order valence-electron chi connectivity index (χ3n) is 1.96. The van der Waals surface area contributed by atoms with Gasteiger partial charge in [0.05, 0.1) is 18.7 Å². The lowest BCUT2D eigenvalue weighted by atomic mass is 10.0. The summed E-state index contributed by atoms with van der Waals surface area (Å²) in [6.45, 7) is 7.81. The van der Waals surface area contributed by atoms with Crippen molar-refractivity contribution in [2.75, 3.05) is 7.11 Å². The van der Waals surface area contributed by atoms with Crippen molar-refractivity contribution in [3.8, 4) is 11.8 Å². The molecule has 0 bridgehead atoms. The van der Waals surface area contributed by atoms with Crippen molar-refractivity contribution in [1.82, 2.24) is 0 Å². The smallest absolute Gasteiger partial charge is 0.123 e. The summed E-state index contributed by atoms with van der Waals surface area (Å²) in [6.07, 6.45) is 0. The van der Waals surface area contributed by atoms with Crippen LogP contribution in [0.3, 0.4) is 0 Å². The molecule has 0 aliphatic rings. The van der Waals surface area contributed by atoms with Gasteiger partial charge in [-0.25, -0.2) is 0 Å². The molecule has 0 aromatic heterocycles. The monoisotopic (exact) mass is 191 g/mol. The maximum absolute atomic E-state index is 8.81. The van der Waals surface area contributed by atoms with Crippen LogP contribution in [0, 0.1) is 25.2 Å². The normalized spacial score (nSPS) is 8.29. The summed E-state index contributed by atoms with van der Waals surface area (Å²) in [7, 11) is 1.61. The van der Waals surface area contributed by atoms with E-state index in [1.807, 2.05) is 39.8 Å². The van der Waals surface area contributed by atoms with E-state index in [0.29, 0.717) is 5.56 Å². The fraction of sp³-hybridized carbons (Fsp3) is 0.417. The Bertz CT molecular complexity index is 337. The first kappa shape index (κ1) is 12.5. The highest BCUT2D eigenvalue weighted by atomic mass is 16.5. The van der Waals surface area contributed by atoms with Crippen LogP contribution in [0.15, 0.2) is 12.1 Å². The lowest BCUT2D eigenvalue weighted by molar-refractivity contribution is 0.411. The lowest BCUT2D eigenvalue weighted by Crippen LogP contribution is -1.92. The van der Waals surface area contributed by atoms with Crippen LogP contribution in [0.25, 0.3) is 0 Å². The van der Waals surface area contributed by atoms with Crippen LogP contribution in [-0.2, 0) is 0 Å². The molecular weight excluding hydrogens is 174 g/mol. The number of ether oxygens (including phenoxy) is 1. The van der Waals surface area contributed by atoms with Crippen LogP contribution in [0.5, 0.6) is 5.75 Å². The molecular formula is C12H17NO. The van der Waals surface area contributed by atoms with Crippen molar-refractivity contribution in [2.45, 2.75) is 27.7 Å². The molecule has 1 rings (SSSR count). The predicted octanol–water partition coefficient (Wildman–Crippen LogP) is 3.21. The molecule has 0 amide bonds. The van der Waals surface area contributed by atoms with Gasteiger partial charge in [0.15, 0.2) is 0 Å². The van der Waals surface area contributed by atoms with Crippen LogP contribution in [0.4, 0.5) is 0 Å². The number of benzene rings is 1. The number of nitriles is 1. The Balaban J connectivity index is 0.000000791. The van der Waals surface area contributed by atoms with E-state index >= 15 is 0 Å². The number of rotatable bonds is 1. The van der Waals surface area contributed by atoms with Crippen molar-refractivity contribution in [3.63, 3.8) is 0 Å². The van der Waals surface area contributed by atoms with E-state index < -0.39 is 0 Å². The Morgan fingerprint density at radius 3 is 2.21 bits per heavy atom. The van der Waals surface area contributed by atoms with Gasteiger partial charge in [-0.1, -0.05) is 19.9 Å². The second-order valence-corrected chi connectivity index (χ2v) is 2.70. The zero-order chi connectivity index (χ0) is 11.1. The second-order valence-electron chi connectivity index (χ2n) is 2.70. The molecule has 0 heterocycles. The number of hydrogen-bond donors (Lipinski definition) is 0. The highest BCUT2D eigenvalue weighted by Crippen LogP contribution is 2.23. The minimum atomic E-state index is 0.717. The fourth-order valence-corrected chi connectivity index (χ4v) is 1.22. The average molecular weight is 191 g/mol. The van der Waals surface area contributed by atoms with Gasteiger partial charge in [-0.15, -0.1) is 0 Å². The van der Waals surface area contributed by atoms with Crippen LogP contribution in [-0.4, -0.2) is 7.11 Å². The standard InChI is InChI=1S/C10H11NO.C2H6/c1-7-4-5-10(12-3)8(2)9(7)6-11;1-2/h4-5H,1-3H3;1-2H3. The zero-order valence-electron chi connectivity index (χ0n) is 9.51. The molecule has 0 radical (unpaired) electrons. The zero-order valence-corrected chi connectivity index (χ0v) is 9.51. The first-order chi connectivity index (χ1) is 6.70. The number of nitrogens with zero attached hydrogens (tertiary/aromatic N) is 1. The van der Waals surface area contributed by atoms with E-state index in [4.69, 9.17) is 10.00 Å². The Morgan fingerprint density at radius 2 is 1.79 bits per heavy atom.